The fourth-order valence-electron chi connectivity index (χ4n) is 2.47. The summed E-state index contributed by atoms with van der Waals surface area (Å²) in [6.07, 6.45) is 7.11. The molecule has 0 spiro atoms. The Balaban J connectivity index is 1.66. The van der Waals surface area contributed by atoms with Gasteiger partial charge in [-0.2, -0.15) is 5.10 Å². The van der Waals surface area contributed by atoms with E-state index >= 15 is 0 Å². The van der Waals surface area contributed by atoms with Crippen molar-refractivity contribution in [1.82, 2.24) is 25.1 Å². The number of rotatable bonds is 4. The van der Waals surface area contributed by atoms with Crippen molar-refractivity contribution in [3.63, 3.8) is 0 Å². The zero-order valence-electron chi connectivity index (χ0n) is 10.6. The standard InChI is InChI=1S/C12H18N6/c1-18-12-10(7-17-18)11(15-8-16-12)14-6-4-9-3-2-5-13-9/h7-9,13H,2-6H2,1H3,(H,14,15,16)/t9-/m1/s1. The Morgan fingerprint density at radius 3 is 3.28 bits per heavy atom. The van der Waals surface area contributed by atoms with Gasteiger partial charge in [0.2, 0.25) is 0 Å². The molecule has 2 aromatic heterocycles. The average molecular weight is 246 g/mol. The Bertz CT molecular complexity index is 528. The molecule has 2 aromatic rings. The van der Waals surface area contributed by atoms with Gasteiger partial charge in [0.25, 0.3) is 0 Å². The first-order valence-corrected chi connectivity index (χ1v) is 6.44. The highest BCUT2D eigenvalue weighted by molar-refractivity contribution is 5.85. The highest BCUT2D eigenvalue weighted by Crippen LogP contribution is 2.18. The third-order valence-corrected chi connectivity index (χ3v) is 3.48. The molecule has 6 heteroatoms. The molecule has 6 nitrogen and oxygen atoms in total. The van der Waals surface area contributed by atoms with Gasteiger partial charge in [-0.25, -0.2) is 9.97 Å². The van der Waals surface area contributed by atoms with Crippen molar-refractivity contribution in [2.45, 2.75) is 25.3 Å². The van der Waals surface area contributed by atoms with E-state index in [0.717, 1.165) is 36.4 Å². The maximum absolute atomic E-state index is 4.29. The van der Waals surface area contributed by atoms with Crippen LogP contribution >= 0.6 is 0 Å². The van der Waals surface area contributed by atoms with Gasteiger partial charge in [-0.05, 0) is 25.8 Å². The van der Waals surface area contributed by atoms with Gasteiger partial charge < -0.3 is 10.6 Å². The Hall–Kier alpha value is -1.69. The second-order valence-electron chi connectivity index (χ2n) is 4.74. The zero-order chi connectivity index (χ0) is 12.4. The maximum Gasteiger partial charge on any atom is 0.163 e. The van der Waals surface area contributed by atoms with Crippen molar-refractivity contribution in [2.75, 3.05) is 18.4 Å². The van der Waals surface area contributed by atoms with Crippen LogP contribution in [0.4, 0.5) is 5.82 Å². The van der Waals surface area contributed by atoms with Crippen molar-refractivity contribution in [1.29, 1.82) is 0 Å². The SMILES string of the molecule is Cn1ncc2c(NCC[C@H]3CCCN3)ncnc21. The summed E-state index contributed by atoms with van der Waals surface area (Å²) in [5.74, 6) is 0.881. The molecule has 3 heterocycles. The predicted octanol–water partition coefficient (Wildman–Crippen LogP) is 0.917. The summed E-state index contributed by atoms with van der Waals surface area (Å²) in [7, 11) is 1.89. The summed E-state index contributed by atoms with van der Waals surface area (Å²) < 4.78 is 1.76. The lowest BCUT2D eigenvalue weighted by Gasteiger charge is -2.11. The largest absolute Gasteiger partial charge is 0.369 e. The molecule has 0 aliphatic carbocycles. The summed E-state index contributed by atoms with van der Waals surface area (Å²) in [4.78, 5) is 8.51. The highest BCUT2D eigenvalue weighted by Gasteiger charge is 2.13. The Labute approximate surface area is 106 Å². The van der Waals surface area contributed by atoms with Gasteiger partial charge >= 0.3 is 0 Å². The van der Waals surface area contributed by atoms with Crippen LogP contribution in [0.3, 0.4) is 0 Å². The number of aromatic nitrogens is 4. The maximum atomic E-state index is 4.29. The minimum absolute atomic E-state index is 0.656. The molecule has 1 aliphatic heterocycles. The summed E-state index contributed by atoms with van der Waals surface area (Å²) in [5, 5.41) is 12.1. The van der Waals surface area contributed by atoms with E-state index in [2.05, 4.69) is 25.7 Å². The van der Waals surface area contributed by atoms with Crippen molar-refractivity contribution in [2.24, 2.45) is 7.05 Å². The number of nitrogens with zero attached hydrogens (tertiary/aromatic N) is 4. The van der Waals surface area contributed by atoms with E-state index in [-0.39, 0.29) is 0 Å². The fourth-order valence-corrected chi connectivity index (χ4v) is 2.47. The molecule has 0 aromatic carbocycles. The van der Waals surface area contributed by atoms with Gasteiger partial charge in [-0.3, -0.25) is 4.68 Å². The Morgan fingerprint density at radius 2 is 2.44 bits per heavy atom. The molecule has 18 heavy (non-hydrogen) atoms. The lowest BCUT2D eigenvalue weighted by atomic mass is 10.1. The molecule has 0 unspecified atom stereocenters. The zero-order valence-corrected chi connectivity index (χ0v) is 10.6. The Morgan fingerprint density at radius 1 is 1.50 bits per heavy atom. The normalized spacial score (nSPS) is 19.5. The molecule has 3 rings (SSSR count). The van der Waals surface area contributed by atoms with Crippen LogP contribution in [0.5, 0.6) is 0 Å². The smallest absolute Gasteiger partial charge is 0.163 e. The number of anilines is 1. The number of hydrogen-bond acceptors (Lipinski definition) is 5. The van der Waals surface area contributed by atoms with Crippen LogP contribution < -0.4 is 10.6 Å². The van der Waals surface area contributed by atoms with E-state index in [4.69, 9.17) is 0 Å². The molecule has 0 bridgehead atoms. The molecule has 2 N–H and O–H groups in total. The lowest BCUT2D eigenvalue weighted by molar-refractivity contribution is 0.574. The van der Waals surface area contributed by atoms with E-state index in [1.807, 2.05) is 13.2 Å². The topological polar surface area (TPSA) is 67.7 Å². The Kier molecular flexibility index (Phi) is 3.10. The summed E-state index contributed by atoms with van der Waals surface area (Å²) in [6.45, 7) is 2.09. The van der Waals surface area contributed by atoms with Crippen molar-refractivity contribution >= 4 is 16.9 Å². The molecule has 96 valence electrons. The summed E-state index contributed by atoms with van der Waals surface area (Å²) in [6, 6.07) is 0.656. The van der Waals surface area contributed by atoms with Crippen LogP contribution in [0, 0.1) is 0 Å². The molecule has 1 atom stereocenters. The fraction of sp³-hybridized carbons (Fsp3) is 0.583. The van der Waals surface area contributed by atoms with Crippen molar-refractivity contribution in [3.05, 3.63) is 12.5 Å². The summed E-state index contributed by atoms with van der Waals surface area (Å²) >= 11 is 0. The van der Waals surface area contributed by atoms with Crippen molar-refractivity contribution < 1.29 is 0 Å². The van der Waals surface area contributed by atoms with Crippen molar-refractivity contribution in [3.8, 4) is 0 Å². The van der Waals surface area contributed by atoms with E-state index in [0.29, 0.717) is 6.04 Å². The first kappa shape index (κ1) is 11.4. The van der Waals surface area contributed by atoms with Gasteiger partial charge in [0.05, 0.1) is 11.6 Å². The van der Waals surface area contributed by atoms with Crippen LogP contribution in [-0.4, -0.2) is 38.9 Å². The minimum Gasteiger partial charge on any atom is -0.369 e. The molecular formula is C12H18N6. The van der Waals surface area contributed by atoms with Crippen LogP contribution in [-0.2, 0) is 7.05 Å². The third kappa shape index (κ3) is 2.15. The number of aryl methyl sites for hydroxylation is 1. The molecular weight excluding hydrogens is 228 g/mol. The van der Waals surface area contributed by atoms with E-state index in [1.54, 1.807) is 11.0 Å². The van der Waals surface area contributed by atoms with Crippen LogP contribution in [0.1, 0.15) is 19.3 Å². The van der Waals surface area contributed by atoms with E-state index in [1.165, 1.54) is 12.8 Å². The third-order valence-electron chi connectivity index (χ3n) is 3.48. The van der Waals surface area contributed by atoms with Crippen LogP contribution in [0.25, 0.3) is 11.0 Å². The predicted molar refractivity (Wildman–Crippen MR) is 70.4 cm³/mol. The second kappa shape index (κ2) is 4.89. The van der Waals surface area contributed by atoms with Gasteiger partial charge in [-0.15, -0.1) is 0 Å². The van der Waals surface area contributed by atoms with Gasteiger partial charge in [-0.1, -0.05) is 0 Å². The van der Waals surface area contributed by atoms with Crippen LogP contribution in [0.2, 0.25) is 0 Å². The number of nitrogens with one attached hydrogen (secondary N) is 2. The van der Waals surface area contributed by atoms with E-state index < -0.39 is 0 Å². The number of hydrogen-bond donors (Lipinski definition) is 2. The second-order valence-corrected chi connectivity index (χ2v) is 4.74. The molecule has 0 radical (unpaired) electrons. The monoisotopic (exact) mass is 246 g/mol. The highest BCUT2D eigenvalue weighted by atomic mass is 15.3. The molecule has 1 aliphatic rings. The first-order valence-electron chi connectivity index (χ1n) is 6.44. The minimum atomic E-state index is 0.656. The summed E-state index contributed by atoms with van der Waals surface area (Å²) in [5.41, 5.74) is 0.867. The van der Waals surface area contributed by atoms with Gasteiger partial charge in [0.15, 0.2) is 5.65 Å². The number of fused-ring (bicyclic) bond motifs is 1. The lowest BCUT2D eigenvalue weighted by Crippen LogP contribution is -2.24. The first-order chi connectivity index (χ1) is 8.84. The van der Waals surface area contributed by atoms with Gasteiger partial charge in [0.1, 0.15) is 12.1 Å². The quantitative estimate of drug-likeness (QED) is 0.839. The molecule has 1 saturated heterocycles. The van der Waals surface area contributed by atoms with E-state index in [9.17, 15) is 0 Å². The molecule has 0 saturated carbocycles. The molecule has 0 amide bonds. The van der Waals surface area contributed by atoms with Crippen LogP contribution in [0.15, 0.2) is 12.5 Å². The van der Waals surface area contributed by atoms with Gasteiger partial charge in [0, 0.05) is 19.6 Å². The average Bonchev–Trinajstić information content (AvgIpc) is 3.01. The molecule has 1 fully saturated rings.